The summed E-state index contributed by atoms with van der Waals surface area (Å²) in [5.41, 5.74) is -0.0605. The van der Waals surface area contributed by atoms with Crippen LogP contribution in [-0.2, 0) is 6.54 Å². The fourth-order valence-electron chi connectivity index (χ4n) is 1.17. The summed E-state index contributed by atoms with van der Waals surface area (Å²) >= 11 is 1.69. The van der Waals surface area contributed by atoms with Crippen molar-refractivity contribution in [2.75, 3.05) is 32.1 Å². The predicted octanol–water partition coefficient (Wildman–Crippen LogP) is 1.32. The van der Waals surface area contributed by atoms with Crippen LogP contribution in [0.1, 0.15) is 18.7 Å². The number of nitrogens with one attached hydrogen (secondary N) is 1. The molecule has 1 aromatic rings. The summed E-state index contributed by atoms with van der Waals surface area (Å²) in [6, 6.07) is 0. The quantitative estimate of drug-likeness (QED) is 0.791. The molecular formula is C11H21N3OS. The molecule has 2 N–H and O–H groups in total. The molecule has 92 valence electrons. The Kier molecular flexibility index (Phi) is 4.70. The predicted molar refractivity (Wildman–Crippen MR) is 69.0 cm³/mol. The lowest BCUT2D eigenvalue weighted by Crippen LogP contribution is -2.31. The molecular weight excluding hydrogens is 222 g/mol. The van der Waals surface area contributed by atoms with Gasteiger partial charge in [-0.2, -0.15) is 0 Å². The van der Waals surface area contributed by atoms with E-state index in [1.807, 2.05) is 39.0 Å². The van der Waals surface area contributed by atoms with Gasteiger partial charge in [-0.3, -0.25) is 0 Å². The SMILES string of the molecule is CN(C)c1ncc(CNCC(C)(C)CO)s1. The third kappa shape index (κ3) is 4.08. The normalized spacial score (nSPS) is 11.8. The highest BCUT2D eigenvalue weighted by molar-refractivity contribution is 7.15. The van der Waals surface area contributed by atoms with Gasteiger partial charge in [0.1, 0.15) is 0 Å². The smallest absolute Gasteiger partial charge is 0.185 e. The first-order valence-electron chi connectivity index (χ1n) is 5.38. The van der Waals surface area contributed by atoms with Crippen molar-refractivity contribution in [1.29, 1.82) is 0 Å². The Morgan fingerprint density at radius 3 is 2.69 bits per heavy atom. The van der Waals surface area contributed by atoms with E-state index in [-0.39, 0.29) is 12.0 Å². The molecule has 16 heavy (non-hydrogen) atoms. The van der Waals surface area contributed by atoms with Crippen molar-refractivity contribution in [3.05, 3.63) is 11.1 Å². The third-order valence-electron chi connectivity index (χ3n) is 2.25. The van der Waals surface area contributed by atoms with Crippen LogP contribution in [0.2, 0.25) is 0 Å². The average molecular weight is 243 g/mol. The van der Waals surface area contributed by atoms with E-state index in [2.05, 4.69) is 10.3 Å². The molecule has 0 aromatic carbocycles. The van der Waals surface area contributed by atoms with E-state index in [0.29, 0.717) is 0 Å². The molecule has 0 spiro atoms. The van der Waals surface area contributed by atoms with Crippen molar-refractivity contribution in [1.82, 2.24) is 10.3 Å². The number of anilines is 1. The summed E-state index contributed by atoms with van der Waals surface area (Å²) in [7, 11) is 3.98. The van der Waals surface area contributed by atoms with E-state index >= 15 is 0 Å². The molecule has 0 saturated heterocycles. The zero-order valence-electron chi connectivity index (χ0n) is 10.4. The Bertz CT molecular complexity index is 323. The Morgan fingerprint density at radius 2 is 2.19 bits per heavy atom. The van der Waals surface area contributed by atoms with Gasteiger partial charge >= 0.3 is 0 Å². The number of nitrogens with zero attached hydrogens (tertiary/aromatic N) is 2. The third-order valence-corrected chi connectivity index (χ3v) is 3.42. The number of hydrogen-bond acceptors (Lipinski definition) is 5. The Morgan fingerprint density at radius 1 is 1.50 bits per heavy atom. The minimum Gasteiger partial charge on any atom is -0.396 e. The maximum Gasteiger partial charge on any atom is 0.185 e. The van der Waals surface area contributed by atoms with Gasteiger partial charge in [0.05, 0.1) is 0 Å². The molecule has 1 aromatic heterocycles. The van der Waals surface area contributed by atoms with E-state index in [9.17, 15) is 0 Å². The van der Waals surface area contributed by atoms with Gasteiger partial charge in [-0.1, -0.05) is 13.8 Å². The zero-order valence-corrected chi connectivity index (χ0v) is 11.3. The lowest BCUT2D eigenvalue weighted by atomic mass is 9.95. The van der Waals surface area contributed by atoms with Gasteiger partial charge in [0.2, 0.25) is 0 Å². The molecule has 0 aliphatic carbocycles. The fourth-order valence-corrected chi connectivity index (χ4v) is 1.97. The molecule has 0 aliphatic heterocycles. The van der Waals surface area contributed by atoms with Crippen LogP contribution in [-0.4, -0.2) is 37.3 Å². The van der Waals surface area contributed by atoms with Crippen molar-refractivity contribution in [3.63, 3.8) is 0 Å². The molecule has 0 aliphatic rings. The van der Waals surface area contributed by atoms with E-state index in [0.717, 1.165) is 18.2 Å². The van der Waals surface area contributed by atoms with Gasteiger partial charge in [-0.15, -0.1) is 11.3 Å². The number of hydrogen-bond donors (Lipinski definition) is 2. The average Bonchev–Trinajstić information content (AvgIpc) is 2.66. The Balaban J connectivity index is 2.37. The highest BCUT2D eigenvalue weighted by Gasteiger charge is 2.15. The van der Waals surface area contributed by atoms with Gasteiger partial charge in [0.15, 0.2) is 5.13 Å². The molecule has 0 radical (unpaired) electrons. The molecule has 0 atom stereocenters. The largest absolute Gasteiger partial charge is 0.396 e. The summed E-state index contributed by atoms with van der Waals surface area (Å²) in [6.45, 7) is 5.90. The summed E-state index contributed by atoms with van der Waals surface area (Å²) in [4.78, 5) is 7.53. The van der Waals surface area contributed by atoms with Crippen LogP contribution in [0.25, 0.3) is 0 Å². The number of thiazole rings is 1. The van der Waals surface area contributed by atoms with Crippen molar-refractivity contribution in [2.24, 2.45) is 5.41 Å². The van der Waals surface area contributed by atoms with Crippen LogP contribution >= 0.6 is 11.3 Å². The van der Waals surface area contributed by atoms with Gasteiger partial charge in [-0.25, -0.2) is 4.98 Å². The molecule has 0 fully saturated rings. The van der Waals surface area contributed by atoms with E-state index in [4.69, 9.17) is 5.11 Å². The maximum atomic E-state index is 9.11. The Hall–Kier alpha value is -0.650. The standard InChI is InChI=1S/C11H21N3OS/c1-11(2,8-15)7-12-5-9-6-13-10(16-9)14(3)4/h6,12,15H,5,7-8H2,1-4H3. The molecule has 0 saturated carbocycles. The van der Waals surface area contributed by atoms with Crippen molar-refractivity contribution >= 4 is 16.5 Å². The van der Waals surface area contributed by atoms with E-state index < -0.39 is 0 Å². The van der Waals surface area contributed by atoms with Gasteiger partial charge in [0, 0.05) is 50.3 Å². The molecule has 4 nitrogen and oxygen atoms in total. The van der Waals surface area contributed by atoms with Crippen LogP contribution in [0.15, 0.2) is 6.20 Å². The number of rotatable bonds is 6. The van der Waals surface area contributed by atoms with Crippen LogP contribution in [0.4, 0.5) is 5.13 Å². The summed E-state index contributed by atoms with van der Waals surface area (Å²) < 4.78 is 0. The van der Waals surface area contributed by atoms with Crippen LogP contribution in [0.3, 0.4) is 0 Å². The first kappa shape index (κ1) is 13.4. The first-order valence-corrected chi connectivity index (χ1v) is 6.20. The summed E-state index contributed by atoms with van der Waals surface area (Å²) in [6.07, 6.45) is 1.90. The maximum absolute atomic E-state index is 9.11. The van der Waals surface area contributed by atoms with Crippen LogP contribution < -0.4 is 10.2 Å². The second-order valence-corrected chi connectivity index (χ2v) is 6.02. The minimum absolute atomic E-state index is 0.0605. The highest BCUT2D eigenvalue weighted by Crippen LogP contribution is 2.20. The van der Waals surface area contributed by atoms with Crippen LogP contribution in [0, 0.1) is 5.41 Å². The lowest BCUT2D eigenvalue weighted by molar-refractivity contribution is 0.157. The minimum atomic E-state index is -0.0605. The van der Waals surface area contributed by atoms with Gasteiger partial charge in [0.25, 0.3) is 0 Å². The first-order chi connectivity index (χ1) is 7.44. The Labute approximate surface area is 101 Å². The summed E-state index contributed by atoms with van der Waals surface area (Å²) in [5.74, 6) is 0. The number of aliphatic hydroxyl groups is 1. The van der Waals surface area contributed by atoms with Gasteiger partial charge < -0.3 is 15.3 Å². The molecule has 5 heteroatoms. The number of aliphatic hydroxyl groups excluding tert-OH is 1. The summed E-state index contributed by atoms with van der Waals surface area (Å²) in [5, 5.41) is 13.5. The van der Waals surface area contributed by atoms with Crippen molar-refractivity contribution < 1.29 is 5.11 Å². The van der Waals surface area contributed by atoms with Crippen molar-refractivity contribution in [2.45, 2.75) is 20.4 Å². The molecule has 0 amide bonds. The molecule has 0 bridgehead atoms. The number of aromatic nitrogens is 1. The second-order valence-electron chi connectivity index (χ2n) is 4.93. The van der Waals surface area contributed by atoms with Gasteiger partial charge in [-0.05, 0) is 0 Å². The van der Waals surface area contributed by atoms with E-state index in [1.54, 1.807) is 11.3 Å². The molecule has 0 unspecified atom stereocenters. The monoisotopic (exact) mass is 243 g/mol. The highest BCUT2D eigenvalue weighted by atomic mass is 32.1. The lowest BCUT2D eigenvalue weighted by Gasteiger charge is -2.21. The van der Waals surface area contributed by atoms with E-state index in [1.165, 1.54) is 4.88 Å². The second kappa shape index (κ2) is 5.61. The molecule has 1 rings (SSSR count). The molecule has 1 heterocycles. The zero-order chi connectivity index (χ0) is 12.2. The fraction of sp³-hybridized carbons (Fsp3) is 0.727. The topological polar surface area (TPSA) is 48.4 Å². The van der Waals surface area contributed by atoms with Crippen molar-refractivity contribution in [3.8, 4) is 0 Å². The van der Waals surface area contributed by atoms with Crippen LogP contribution in [0.5, 0.6) is 0 Å².